The first-order valence-electron chi connectivity index (χ1n) is 6.96. The largest absolute Gasteiger partial charge is 0.355 e. The highest BCUT2D eigenvalue weighted by atomic mass is 15.2. The Morgan fingerprint density at radius 2 is 2.26 bits per heavy atom. The summed E-state index contributed by atoms with van der Waals surface area (Å²) in [5.41, 5.74) is 2.32. The van der Waals surface area contributed by atoms with Gasteiger partial charge in [-0.1, -0.05) is 19.4 Å². The third kappa shape index (κ3) is 4.09. The van der Waals surface area contributed by atoms with E-state index in [4.69, 9.17) is 0 Å². The number of aromatic nitrogens is 3. The summed E-state index contributed by atoms with van der Waals surface area (Å²) in [5, 5.41) is 3.42. The van der Waals surface area contributed by atoms with E-state index >= 15 is 0 Å². The quantitative estimate of drug-likeness (QED) is 0.830. The van der Waals surface area contributed by atoms with Crippen molar-refractivity contribution in [3.8, 4) is 0 Å². The first-order valence-corrected chi connectivity index (χ1v) is 6.96. The Bertz CT molecular complexity index is 490. The fourth-order valence-electron chi connectivity index (χ4n) is 2.05. The maximum atomic E-state index is 4.53. The Morgan fingerprint density at radius 3 is 3.00 bits per heavy atom. The van der Waals surface area contributed by atoms with Crippen molar-refractivity contribution in [1.82, 2.24) is 14.5 Å². The summed E-state index contributed by atoms with van der Waals surface area (Å²) in [6, 6.07) is 4.07. The Balaban J connectivity index is 1.88. The van der Waals surface area contributed by atoms with Crippen LogP contribution in [0.15, 0.2) is 30.7 Å². The third-order valence-corrected chi connectivity index (χ3v) is 3.07. The van der Waals surface area contributed by atoms with Gasteiger partial charge in [0.15, 0.2) is 0 Å². The minimum atomic E-state index is 0.883. The highest BCUT2D eigenvalue weighted by Gasteiger charge is 2.04. The SMILES string of the molecule is CCCCn1cc(C)nc1NCCc1cccnc1. The van der Waals surface area contributed by atoms with Gasteiger partial charge in [-0.15, -0.1) is 0 Å². The van der Waals surface area contributed by atoms with E-state index in [-0.39, 0.29) is 0 Å². The minimum absolute atomic E-state index is 0.883. The van der Waals surface area contributed by atoms with E-state index in [0.717, 1.165) is 31.2 Å². The molecule has 4 nitrogen and oxygen atoms in total. The summed E-state index contributed by atoms with van der Waals surface area (Å²) in [6.07, 6.45) is 9.18. The topological polar surface area (TPSA) is 42.7 Å². The molecule has 2 rings (SSSR count). The van der Waals surface area contributed by atoms with Gasteiger partial charge in [-0.05, 0) is 31.4 Å². The van der Waals surface area contributed by atoms with Crippen LogP contribution in [0.3, 0.4) is 0 Å². The van der Waals surface area contributed by atoms with Gasteiger partial charge in [0.05, 0.1) is 5.69 Å². The van der Waals surface area contributed by atoms with Gasteiger partial charge in [0.2, 0.25) is 5.95 Å². The average molecular weight is 258 g/mol. The van der Waals surface area contributed by atoms with E-state index in [1.165, 1.54) is 18.4 Å². The van der Waals surface area contributed by atoms with Crippen molar-refractivity contribution >= 4 is 5.95 Å². The molecule has 0 aliphatic rings. The molecule has 0 bridgehead atoms. The normalized spacial score (nSPS) is 10.6. The van der Waals surface area contributed by atoms with Gasteiger partial charge in [0.25, 0.3) is 0 Å². The fraction of sp³-hybridized carbons (Fsp3) is 0.467. The molecular formula is C15H22N4. The first kappa shape index (κ1) is 13.6. The van der Waals surface area contributed by atoms with Gasteiger partial charge in [-0.2, -0.15) is 0 Å². The fourth-order valence-corrected chi connectivity index (χ4v) is 2.05. The van der Waals surface area contributed by atoms with Crippen LogP contribution in [0, 0.1) is 6.92 Å². The Morgan fingerprint density at radius 1 is 1.37 bits per heavy atom. The van der Waals surface area contributed by atoms with Crippen molar-refractivity contribution in [2.75, 3.05) is 11.9 Å². The van der Waals surface area contributed by atoms with Gasteiger partial charge < -0.3 is 9.88 Å². The molecule has 0 aromatic carbocycles. The summed E-state index contributed by atoms with van der Waals surface area (Å²) in [7, 11) is 0. The molecule has 2 aromatic rings. The zero-order valence-electron chi connectivity index (χ0n) is 11.8. The van der Waals surface area contributed by atoms with Crippen LogP contribution in [-0.2, 0) is 13.0 Å². The summed E-state index contributed by atoms with van der Waals surface area (Å²) in [6.45, 7) is 6.16. The zero-order chi connectivity index (χ0) is 13.5. The Hall–Kier alpha value is -1.84. The third-order valence-electron chi connectivity index (χ3n) is 3.07. The van der Waals surface area contributed by atoms with Crippen molar-refractivity contribution < 1.29 is 0 Å². The van der Waals surface area contributed by atoms with E-state index in [1.807, 2.05) is 19.2 Å². The van der Waals surface area contributed by atoms with E-state index in [9.17, 15) is 0 Å². The van der Waals surface area contributed by atoms with Gasteiger partial charge in [-0.3, -0.25) is 4.98 Å². The zero-order valence-corrected chi connectivity index (χ0v) is 11.8. The van der Waals surface area contributed by atoms with E-state index in [0.29, 0.717) is 0 Å². The highest BCUT2D eigenvalue weighted by Crippen LogP contribution is 2.10. The number of rotatable bonds is 7. The van der Waals surface area contributed by atoms with Crippen molar-refractivity contribution in [1.29, 1.82) is 0 Å². The smallest absolute Gasteiger partial charge is 0.203 e. The van der Waals surface area contributed by atoms with Crippen LogP contribution in [0.25, 0.3) is 0 Å². The second-order valence-electron chi connectivity index (χ2n) is 4.79. The summed E-state index contributed by atoms with van der Waals surface area (Å²) in [4.78, 5) is 8.65. The molecule has 19 heavy (non-hydrogen) atoms. The maximum absolute atomic E-state index is 4.53. The molecule has 1 N–H and O–H groups in total. The second-order valence-corrected chi connectivity index (χ2v) is 4.79. The standard InChI is InChI=1S/C15H22N4/c1-3-4-10-19-12-13(2)18-15(19)17-9-7-14-6-5-8-16-11-14/h5-6,8,11-12H,3-4,7,9-10H2,1-2H3,(H,17,18). The molecule has 2 aromatic heterocycles. The van der Waals surface area contributed by atoms with E-state index < -0.39 is 0 Å². The Kier molecular flexibility index (Phi) is 4.95. The van der Waals surface area contributed by atoms with Crippen LogP contribution in [0.5, 0.6) is 0 Å². The van der Waals surface area contributed by atoms with Crippen LogP contribution in [-0.4, -0.2) is 21.1 Å². The molecule has 0 amide bonds. The molecule has 0 aliphatic heterocycles. The van der Waals surface area contributed by atoms with E-state index in [2.05, 4.69) is 39.0 Å². The number of imidazole rings is 1. The van der Waals surface area contributed by atoms with Crippen LogP contribution < -0.4 is 5.32 Å². The number of hydrogen-bond acceptors (Lipinski definition) is 3. The number of anilines is 1. The molecule has 4 heteroatoms. The van der Waals surface area contributed by atoms with Crippen LogP contribution in [0.2, 0.25) is 0 Å². The summed E-state index contributed by atoms with van der Waals surface area (Å²) >= 11 is 0. The first-order chi connectivity index (χ1) is 9.29. The van der Waals surface area contributed by atoms with E-state index in [1.54, 1.807) is 6.20 Å². The van der Waals surface area contributed by atoms with Gasteiger partial charge >= 0.3 is 0 Å². The number of unbranched alkanes of at least 4 members (excludes halogenated alkanes) is 1. The highest BCUT2D eigenvalue weighted by molar-refractivity contribution is 5.29. The number of pyridine rings is 1. The maximum Gasteiger partial charge on any atom is 0.203 e. The molecule has 0 atom stereocenters. The lowest BCUT2D eigenvalue weighted by Crippen LogP contribution is -2.10. The molecule has 2 heterocycles. The monoisotopic (exact) mass is 258 g/mol. The average Bonchev–Trinajstić information content (AvgIpc) is 2.78. The molecule has 0 unspecified atom stereocenters. The predicted molar refractivity (Wildman–Crippen MR) is 78.3 cm³/mol. The molecule has 0 saturated heterocycles. The van der Waals surface area contributed by atoms with Crippen LogP contribution >= 0.6 is 0 Å². The Labute approximate surface area is 114 Å². The minimum Gasteiger partial charge on any atom is -0.355 e. The van der Waals surface area contributed by atoms with Crippen molar-refractivity contribution in [3.05, 3.63) is 42.0 Å². The lowest BCUT2D eigenvalue weighted by Gasteiger charge is -2.09. The molecule has 0 spiro atoms. The summed E-state index contributed by atoms with van der Waals surface area (Å²) in [5.74, 6) is 0.981. The molecule has 0 saturated carbocycles. The predicted octanol–water partition coefficient (Wildman–Crippen LogP) is 3.04. The van der Waals surface area contributed by atoms with Crippen molar-refractivity contribution in [2.24, 2.45) is 0 Å². The van der Waals surface area contributed by atoms with Gasteiger partial charge in [0.1, 0.15) is 0 Å². The van der Waals surface area contributed by atoms with Crippen molar-refractivity contribution in [3.63, 3.8) is 0 Å². The van der Waals surface area contributed by atoms with Gasteiger partial charge in [0, 0.05) is 31.7 Å². The molecule has 102 valence electrons. The lowest BCUT2D eigenvalue weighted by atomic mass is 10.2. The van der Waals surface area contributed by atoms with Gasteiger partial charge in [-0.25, -0.2) is 4.98 Å². The number of hydrogen-bond donors (Lipinski definition) is 1. The second kappa shape index (κ2) is 6.92. The summed E-state index contributed by atoms with van der Waals surface area (Å²) < 4.78 is 2.21. The molecule has 0 fully saturated rings. The molecule has 0 aliphatic carbocycles. The number of nitrogens with zero attached hydrogens (tertiary/aromatic N) is 3. The number of aryl methyl sites for hydroxylation is 2. The number of nitrogens with one attached hydrogen (secondary N) is 1. The van der Waals surface area contributed by atoms with Crippen LogP contribution in [0.4, 0.5) is 5.95 Å². The molecular weight excluding hydrogens is 236 g/mol. The molecule has 0 radical (unpaired) electrons. The van der Waals surface area contributed by atoms with Crippen LogP contribution in [0.1, 0.15) is 31.0 Å². The van der Waals surface area contributed by atoms with Crippen molar-refractivity contribution in [2.45, 2.75) is 39.7 Å². The lowest BCUT2D eigenvalue weighted by molar-refractivity contribution is 0.634.